The fraction of sp³-hybridized carbons (Fsp3) is 0.833. The van der Waals surface area contributed by atoms with Crippen LogP contribution in [0.15, 0.2) is 0 Å². The maximum atomic E-state index is 11.3. The van der Waals surface area contributed by atoms with Gasteiger partial charge in [0.25, 0.3) is 0 Å². The van der Waals surface area contributed by atoms with Crippen LogP contribution in [0.4, 0.5) is 13.2 Å². The van der Waals surface area contributed by atoms with E-state index in [1.807, 2.05) is 0 Å². The minimum absolute atomic E-state index is 0.144. The first kappa shape index (κ1) is 11.2. The molecule has 3 nitrogen and oxygen atoms in total. The van der Waals surface area contributed by atoms with Crippen LogP contribution in [0.3, 0.4) is 0 Å². The van der Waals surface area contributed by atoms with Gasteiger partial charge in [0.15, 0.2) is 0 Å². The molecule has 6 heteroatoms. The molecule has 1 N–H and O–H groups in total. The Balaban J connectivity index is 3.51. The van der Waals surface area contributed by atoms with Gasteiger partial charge in [0.2, 0.25) is 0 Å². The van der Waals surface area contributed by atoms with Crippen LogP contribution >= 0.6 is 0 Å². The molecule has 0 heterocycles. The van der Waals surface area contributed by atoms with Crippen LogP contribution in [0.5, 0.6) is 0 Å². The molecule has 0 aromatic rings. The van der Waals surface area contributed by atoms with Crippen molar-refractivity contribution in [2.45, 2.75) is 19.7 Å². The molecule has 1 unspecified atom stereocenters. The highest BCUT2D eigenvalue weighted by atomic mass is 19.4. The van der Waals surface area contributed by atoms with Gasteiger partial charge in [-0.25, -0.2) is 0 Å². The van der Waals surface area contributed by atoms with Crippen LogP contribution in [-0.2, 0) is 9.53 Å². The molecule has 0 saturated carbocycles. The largest absolute Gasteiger partial charge is 0.522 e. The number of halogens is 3. The summed E-state index contributed by atoms with van der Waals surface area (Å²) < 4.78 is 37.4. The fourth-order valence-electron chi connectivity index (χ4n) is 0.475. The summed E-state index contributed by atoms with van der Waals surface area (Å²) >= 11 is 0. The van der Waals surface area contributed by atoms with E-state index in [0.717, 1.165) is 0 Å². The SMILES string of the molecule is CC(CCOC(F)(F)F)C(=O)O. The monoisotopic (exact) mass is 186 g/mol. The van der Waals surface area contributed by atoms with E-state index in [-0.39, 0.29) is 6.42 Å². The Hall–Kier alpha value is -0.780. The predicted octanol–water partition coefficient (Wildman–Crippen LogP) is 1.63. The van der Waals surface area contributed by atoms with E-state index in [9.17, 15) is 18.0 Å². The zero-order valence-electron chi connectivity index (χ0n) is 6.39. The van der Waals surface area contributed by atoms with Crippen molar-refractivity contribution in [3.05, 3.63) is 0 Å². The van der Waals surface area contributed by atoms with Gasteiger partial charge in [-0.05, 0) is 6.42 Å². The molecule has 0 aliphatic rings. The molecular formula is C6H9F3O3. The third kappa shape index (κ3) is 5.96. The molecule has 0 fully saturated rings. The maximum Gasteiger partial charge on any atom is 0.522 e. The number of hydrogen-bond donors (Lipinski definition) is 1. The lowest BCUT2D eigenvalue weighted by Gasteiger charge is -2.08. The van der Waals surface area contributed by atoms with Gasteiger partial charge in [-0.3, -0.25) is 9.53 Å². The van der Waals surface area contributed by atoms with Crippen molar-refractivity contribution < 1.29 is 27.8 Å². The van der Waals surface area contributed by atoms with Crippen molar-refractivity contribution in [2.75, 3.05) is 6.61 Å². The second-order valence-electron chi connectivity index (χ2n) is 2.32. The number of hydrogen-bond acceptors (Lipinski definition) is 2. The van der Waals surface area contributed by atoms with Gasteiger partial charge in [0.05, 0.1) is 12.5 Å². The van der Waals surface area contributed by atoms with Gasteiger partial charge in [-0.15, -0.1) is 13.2 Å². The normalized spacial score (nSPS) is 14.3. The zero-order chi connectivity index (χ0) is 9.78. The summed E-state index contributed by atoms with van der Waals surface area (Å²) in [6, 6.07) is 0. The minimum atomic E-state index is -4.67. The van der Waals surface area contributed by atoms with Crippen LogP contribution in [0.1, 0.15) is 13.3 Å². The van der Waals surface area contributed by atoms with Crippen LogP contribution in [-0.4, -0.2) is 24.0 Å². The number of carboxylic acids is 1. The quantitative estimate of drug-likeness (QED) is 0.725. The summed E-state index contributed by atoms with van der Waals surface area (Å²) in [5, 5.41) is 8.27. The standard InChI is InChI=1S/C6H9F3O3/c1-4(5(10)11)2-3-12-6(7,8)9/h4H,2-3H2,1H3,(H,10,11). The molecule has 0 bridgehead atoms. The van der Waals surface area contributed by atoms with Gasteiger partial charge >= 0.3 is 12.3 Å². The minimum Gasteiger partial charge on any atom is -0.481 e. The molecule has 1 atom stereocenters. The number of carboxylic acid groups (broad SMARTS) is 1. The molecule has 0 aliphatic carbocycles. The molecule has 0 aliphatic heterocycles. The Labute approximate surface area is 67.1 Å². The average Bonchev–Trinajstić information content (AvgIpc) is 1.84. The van der Waals surface area contributed by atoms with E-state index in [2.05, 4.69) is 4.74 Å². The first-order valence-electron chi connectivity index (χ1n) is 3.26. The van der Waals surface area contributed by atoms with Gasteiger partial charge in [-0.1, -0.05) is 6.92 Å². The van der Waals surface area contributed by atoms with Crippen molar-refractivity contribution in [1.29, 1.82) is 0 Å². The van der Waals surface area contributed by atoms with E-state index < -0.39 is 24.9 Å². The third-order valence-corrected chi connectivity index (χ3v) is 1.24. The molecule has 0 radical (unpaired) electrons. The van der Waals surface area contributed by atoms with Gasteiger partial charge < -0.3 is 5.11 Å². The highest BCUT2D eigenvalue weighted by Crippen LogP contribution is 2.17. The zero-order valence-corrected chi connectivity index (χ0v) is 6.39. The summed E-state index contributed by atoms with van der Waals surface area (Å²) in [6.07, 6.45) is -4.81. The summed E-state index contributed by atoms with van der Waals surface area (Å²) in [5.41, 5.74) is 0. The van der Waals surface area contributed by atoms with Gasteiger partial charge in [0, 0.05) is 0 Å². The van der Waals surface area contributed by atoms with Crippen molar-refractivity contribution >= 4 is 5.97 Å². The van der Waals surface area contributed by atoms with Crippen LogP contribution < -0.4 is 0 Å². The average molecular weight is 186 g/mol. The van der Waals surface area contributed by atoms with Crippen molar-refractivity contribution in [3.8, 4) is 0 Å². The molecule has 12 heavy (non-hydrogen) atoms. The Kier molecular flexibility index (Phi) is 4.02. The van der Waals surface area contributed by atoms with Crippen LogP contribution in [0.25, 0.3) is 0 Å². The molecule has 0 saturated heterocycles. The van der Waals surface area contributed by atoms with E-state index in [1.54, 1.807) is 0 Å². The summed E-state index contributed by atoms with van der Waals surface area (Å²) in [7, 11) is 0. The maximum absolute atomic E-state index is 11.3. The molecule has 0 aromatic carbocycles. The second-order valence-corrected chi connectivity index (χ2v) is 2.32. The summed E-state index contributed by atoms with van der Waals surface area (Å²) in [6.45, 7) is 0.707. The number of aliphatic carboxylic acids is 1. The van der Waals surface area contributed by atoms with Crippen molar-refractivity contribution in [1.82, 2.24) is 0 Å². The van der Waals surface area contributed by atoms with Crippen LogP contribution in [0, 0.1) is 5.92 Å². The van der Waals surface area contributed by atoms with Gasteiger partial charge in [-0.2, -0.15) is 0 Å². The number of carbonyl (C=O) groups is 1. The fourth-order valence-corrected chi connectivity index (χ4v) is 0.475. The van der Waals surface area contributed by atoms with Crippen molar-refractivity contribution in [2.24, 2.45) is 5.92 Å². The lowest BCUT2D eigenvalue weighted by molar-refractivity contribution is -0.325. The van der Waals surface area contributed by atoms with E-state index in [4.69, 9.17) is 5.11 Å². The number of alkyl halides is 3. The molecule has 0 aromatic heterocycles. The van der Waals surface area contributed by atoms with Crippen LogP contribution in [0.2, 0.25) is 0 Å². The number of ether oxygens (including phenoxy) is 1. The highest BCUT2D eigenvalue weighted by molar-refractivity contribution is 5.69. The van der Waals surface area contributed by atoms with E-state index >= 15 is 0 Å². The summed E-state index contributed by atoms with van der Waals surface area (Å²) in [4.78, 5) is 10.1. The first-order valence-corrected chi connectivity index (χ1v) is 3.26. The lowest BCUT2D eigenvalue weighted by atomic mass is 10.1. The highest BCUT2D eigenvalue weighted by Gasteiger charge is 2.29. The van der Waals surface area contributed by atoms with Crippen molar-refractivity contribution in [3.63, 3.8) is 0 Å². The van der Waals surface area contributed by atoms with E-state index in [0.29, 0.717) is 0 Å². The lowest BCUT2D eigenvalue weighted by Crippen LogP contribution is -2.18. The molecule has 72 valence electrons. The predicted molar refractivity (Wildman–Crippen MR) is 33.4 cm³/mol. The number of rotatable bonds is 4. The Morgan fingerprint density at radius 3 is 2.42 bits per heavy atom. The van der Waals surface area contributed by atoms with Gasteiger partial charge in [0.1, 0.15) is 0 Å². The molecule has 0 amide bonds. The molecule has 0 rings (SSSR count). The van der Waals surface area contributed by atoms with E-state index in [1.165, 1.54) is 6.92 Å². The smallest absolute Gasteiger partial charge is 0.481 e. The molecule has 0 spiro atoms. The third-order valence-electron chi connectivity index (χ3n) is 1.24. The summed E-state index contributed by atoms with van der Waals surface area (Å²) in [5.74, 6) is -1.94. The Morgan fingerprint density at radius 2 is 2.08 bits per heavy atom. The second kappa shape index (κ2) is 4.30. The molecular weight excluding hydrogens is 177 g/mol. The topological polar surface area (TPSA) is 46.5 Å². The Bertz CT molecular complexity index is 155. The first-order chi connectivity index (χ1) is 5.33. The Morgan fingerprint density at radius 1 is 1.58 bits per heavy atom.